The molecule has 0 spiro atoms. The lowest BCUT2D eigenvalue weighted by Crippen LogP contribution is -2.33. The fourth-order valence-corrected chi connectivity index (χ4v) is 6.92. The van der Waals surface area contributed by atoms with Crippen molar-refractivity contribution >= 4 is 71.3 Å². The van der Waals surface area contributed by atoms with E-state index < -0.39 is 5.97 Å². The predicted octanol–water partition coefficient (Wildman–Crippen LogP) is 3.98. The van der Waals surface area contributed by atoms with Crippen LogP contribution in [0.25, 0.3) is 0 Å². The van der Waals surface area contributed by atoms with Crippen molar-refractivity contribution in [3.8, 4) is 0 Å². The van der Waals surface area contributed by atoms with E-state index in [1.807, 2.05) is 12.2 Å². The van der Waals surface area contributed by atoms with Gasteiger partial charge < -0.3 is 5.11 Å². The Balaban J connectivity index is 1.86. The molecule has 1 saturated heterocycles. The largest absolute Gasteiger partial charge is 0.478 e. The SMILES string of the molecule is O=C(O)c1c(Br)cc(Br)c(N2C(=O)C3C4C=CC(C4)C3C2=O)c1Br. The van der Waals surface area contributed by atoms with Crippen LogP contribution < -0.4 is 4.90 Å². The standard InChI is InChI=1S/C16H10Br3NO4/c17-7-4-8(18)13(12(19)11(7)16(23)24)20-14(21)9-5-1-2-6(3-5)10(9)15(20)22/h1-2,4-6,9-10H,3H2,(H,23,24). The quantitative estimate of drug-likeness (QED) is 0.474. The highest BCUT2D eigenvalue weighted by atomic mass is 79.9. The van der Waals surface area contributed by atoms with Gasteiger partial charge in [-0.3, -0.25) is 9.59 Å². The molecule has 24 heavy (non-hydrogen) atoms. The van der Waals surface area contributed by atoms with Gasteiger partial charge in [-0.25, -0.2) is 9.69 Å². The van der Waals surface area contributed by atoms with Crippen molar-refractivity contribution in [2.75, 3.05) is 4.90 Å². The molecule has 5 nitrogen and oxygen atoms in total. The van der Waals surface area contributed by atoms with Crippen molar-refractivity contribution in [3.63, 3.8) is 0 Å². The van der Waals surface area contributed by atoms with E-state index in [1.54, 1.807) is 6.07 Å². The highest BCUT2D eigenvalue weighted by molar-refractivity contribution is 9.11. The Hall–Kier alpha value is -0.990. The number of amides is 2. The van der Waals surface area contributed by atoms with Crippen LogP contribution in [0.5, 0.6) is 0 Å². The van der Waals surface area contributed by atoms with Crippen LogP contribution in [0.1, 0.15) is 16.8 Å². The van der Waals surface area contributed by atoms with Crippen molar-refractivity contribution < 1.29 is 19.5 Å². The van der Waals surface area contributed by atoms with Gasteiger partial charge in [0.15, 0.2) is 0 Å². The number of hydrogen-bond acceptors (Lipinski definition) is 3. The molecule has 4 unspecified atom stereocenters. The molecule has 1 aromatic carbocycles. The summed E-state index contributed by atoms with van der Waals surface area (Å²) in [5.41, 5.74) is 0.242. The number of imide groups is 1. The first kappa shape index (κ1) is 16.5. The summed E-state index contributed by atoms with van der Waals surface area (Å²) in [4.78, 5) is 38.5. The zero-order valence-electron chi connectivity index (χ0n) is 12.0. The molecule has 1 saturated carbocycles. The third kappa shape index (κ3) is 2.05. The fourth-order valence-electron chi connectivity index (χ4n) is 4.10. The molecular weight excluding hydrogens is 510 g/mol. The summed E-state index contributed by atoms with van der Waals surface area (Å²) >= 11 is 9.84. The minimum atomic E-state index is -1.15. The topological polar surface area (TPSA) is 74.7 Å². The Morgan fingerprint density at radius 2 is 1.58 bits per heavy atom. The number of hydrogen-bond donors (Lipinski definition) is 1. The van der Waals surface area contributed by atoms with Gasteiger partial charge in [-0.2, -0.15) is 0 Å². The molecule has 1 aliphatic heterocycles. The summed E-state index contributed by atoms with van der Waals surface area (Å²) in [5, 5.41) is 9.42. The molecule has 1 aromatic rings. The van der Waals surface area contributed by atoms with Crippen molar-refractivity contribution in [2.24, 2.45) is 23.7 Å². The molecule has 1 heterocycles. The van der Waals surface area contributed by atoms with Crippen LogP contribution in [-0.4, -0.2) is 22.9 Å². The first-order valence-electron chi connectivity index (χ1n) is 7.29. The average Bonchev–Trinajstić information content (AvgIpc) is 3.15. The summed E-state index contributed by atoms with van der Waals surface area (Å²) in [7, 11) is 0. The highest BCUT2D eigenvalue weighted by Crippen LogP contribution is 2.55. The summed E-state index contributed by atoms with van der Waals surface area (Å²) in [5.74, 6) is -2.10. The Bertz CT molecular complexity index is 820. The molecule has 0 aromatic heterocycles. The molecule has 2 aliphatic carbocycles. The van der Waals surface area contributed by atoms with Gasteiger partial charge in [-0.1, -0.05) is 12.2 Å². The van der Waals surface area contributed by atoms with Gasteiger partial charge in [-0.15, -0.1) is 0 Å². The first-order chi connectivity index (χ1) is 11.3. The molecule has 4 atom stereocenters. The molecule has 0 radical (unpaired) electrons. The zero-order valence-corrected chi connectivity index (χ0v) is 16.8. The number of fused-ring (bicyclic) bond motifs is 5. The number of aromatic carboxylic acids is 1. The Morgan fingerprint density at radius 3 is 2.08 bits per heavy atom. The molecule has 2 amide bonds. The average molecular weight is 520 g/mol. The Kier molecular flexibility index (Phi) is 3.78. The first-order valence-corrected chi connectivity index (χ1v) is 9.67. The van der Waals surface area contributed by atoms with Crippen molar-refractivity contribution in [3.05, 3.63) is 37.2 Å². The van der Waals surface area contributed by atoms with E-state index in [9.17, 15) is 19.5 Å². The van der Waals surface area contributed by atoms with E-state index in [1.165, 1.54) is 0 Å². The Labute approximate surface area is 162 Å². The number of rotatable bonds is 2. The number of anilines is 1. The minimum absolute atomic E-state index is 0.0213. The third-order valence-electron chi connectivity index (χ3n) is 5.05. The van der Waals surface area contributed by atoms with Gasteiger partial charge in [0.1, 0.15) is 0 Å². The van der Waals surface area contributed by atoms with Gasteiger partial charge in [0, 0.05) is 8.95 Å². The third-order valence-corrected chi connectivity index (χ3v) is 7.06. The normalized spacial score (nSPS) is 30.4. The van der Waals surface area contributed by atoms with Crippen molar-refractivity contribution in [1.29, 1.82) is 0 Å². The number of nitrogens with zero attached hydrogens (tertiary/aromatic N) is 1. The monoisotopic (exact) mass is 517 g/mol. The van der Waals surface area contributed by atoms with E-state index in [-0.39, 0.29) is 51.2 Å². The molecule has 8 heteroatoms. The maximum Gasteiger partial charge on any atom is 0.338 e. The van der Waals surface area contributed by atoms with Crippen molar-refractivity contribution in [1.82, 2.24) is 0 Å². The number of carbonyl (C=O) groups is 3. The second-order valence-corrected chi connectivity index (χ2v) is 8.70. The molecule has 2 bridgehead atoms. The minimum Gasteiger partial charge on any atom is -0.478 e. The van der Waals surface area contributed by atoms with Crippen LogP contribution in [-0.2, 0) is 9.59 Å². The number of halogens is 3. The molecular formula is C16H10Br3NO4. The van der Waals surface area contributed by atoms with Gasteiger partial charge in [0.2, 0.25) is 11.8 Å². The highest BCUT2D eigenvalue weighted by Gasteiger charge is 2.60. The van der Waals surface area contributed by atoms with Gasteiger partial charge in [-0.05, 0) is 72.1 Å². The van der Waals surface area contributed by atoms with E-state index in [0.29, 0.717) is 8.95 Å². The number of carboxylic acid groups (broad SMARTS) is 1. The summed E-state index contributed by atoms with van der Waals surface area (Å²) in [6.07, 6.45) is 4.90. The smallest absolute Gasteiger partial charge is 0.338 e. The molecule has 2 fully saturated rings. The fraction of sp³-hybridized carbons (Fsp3) is 0.312. The van der Waals surface area contributed by atoms with Crippen LogP contribution >= 0.6 is 47.8 Å². The van der Waals surface area contributed by atoms with Gasteiger partial charge in [0.25, 0.3) is 0 Å². The van der Waals surface area contributed by atoms with Crippen LogP contribution in [0, 0.1) is 23.7 Å². The van der Waals surface area contributed by atoms with E-state index in [0.717, 1.165) is 11.3 Å². The lowest BCUT2D eigenvalue weighted by molar-refractivity contribution is -0.123. The molecule has 1 N–H and O–H groups in total. The van der Waals surface area contributed by atoms with E-state index in [2.05, 4.69) is 47.8 Å². The Morgan fingerprint density at radius 1 is 1.04 bits per heavy atom. The predicted molar refractivity (Wildman–Crippen MR) is 96.7 cm³/mol. The van der Waals surface area contributed by atoms with Gasteiger partial charge >= 0.3 is 5.97 Å². The molecule has 4 rings (SSSR count). The maximum absolute atomic E-state index is 12.9. The molecule has 3 aliphatic rings. The van der Waals surface area contributed by atoms with Gasteiger partial charge in [0.05, 0.1) is 27.6 Å². The second kappa shape index (κ2) is 5.51. The number of carbonyl (C=O) groups excluding carboxylic acids is 2. The summed E-state index contributed by atoms with van der Waals surface area (Å²) in [6, 6.07) is 1.55. The number of benzene rings is 1. The van der Waals surface area contributed by atoms with Crippen LogP contribution in [0.15, 0.2) is 31.6 Å². The van der Waals surface area contributed by atoms with E-state index >= 15 is 0 Å². The van der Waals surface area contributed by atoms with Crippen molar-refractivity contribution in [2.45, 2.75) is 6.42 Å². The summed E-state index contributed by atoms with van der Waals surface area (Å²) < 4.78 is 1.05. The lowest BCUT2D eigenvalue weighted by atomic mass is 9.85. The lowest BCUT2D eigenvalue weighted by Gasteiger charge is -2.21. The van der Waals surface area contributed by atoms with E-state index in [4.69, 9.17) is 0 Å². The van der Waals surface area contributed by atoms with Crippen LogP contribution in [0.4, 0.5) is 5.69 Å². The molecule has 124 valence electrons. The number of carboxylic acids is 1. The maximum atomic E-state index is 12.9. The van der Waals surface area contributed by atoms with Crippen LogP contribution in [0.2, 0.25) is 0 Å². The second-order valence-electron chi connectivity index (χ2n) is 6.19. The summed E-state index contributed by atoms with van der Waals surface area (Å²) in [6.45, 7) is 0. The van der Waals surface area contributed by atoms with Crippen LogP contribution in [0.3, 0.4) is 0 Å². The number of allylic oxidation sites excluding steroid dienone is 2. The zero-order chi connectivity index (χ0) is 17.3.